The molecule has 0 N–H and O–H groups in total. The fraction of sp³-hybridized carbons (Fsp3) is 0.300. The Labute approximate surface area is 111 Å². The molecule has 0 spiro atoms. The summed E-state index contributed by atoms with van der Waals surface area (Å²) >= 11 is 2.71. The van der Waals surface area contributed by atoms with Gasteiger partial charge in [-0.1, -0.05) is 0 Å². The summed E-state index contributed by atoms with van der Waals surface area (Å²) in [6.45, 7) is -2.06. The van der Waals surface area contributed by atoms with Gasteiger partial charge in [-0.15, -0.1) is 0 Å². The molecule has 19 heavy (non-hydrogen) atoms. The highest BCUT2D eigenvalue weighted by Gasteiger charge is 2.58. The number of carbonyl (C=O) groups is 1. The van der Waals surface area contributed by atoms with Crippen molar-refractivity contribution in [3.8, 4) is 5.75 Å². The first kappa shape index (κ1) is 15.8. The van der Waals surface area contributed by atoms with Crippen LogP contribution in [0.25, 0.3) is 0 Å². The molecule has 0 radical (unpaired) electrons. The Morgan fingerprint density at radius 3 is 2.21 bits per heavy atom. The first-order valence-corrected chi connectivity index (χ1v) is 5.39. The Morgan fingerprint density at radius 2 is 1.79 bits per heavy atom. The molecule has 2 nitrogen and oxygen atoms in total. The van der Waals surface area contributed by atoms with Crippen molar-refractivity contribution >= 4 is 22.2 Å². The van der Waals surface area contributed by atoms with Gasteiger partial charge in [0, 0.05) is 5.56 Å². The van der Waals surface area contributed by atoms with E-state index in [-0.39, 0.29) is 16.3 Å². The van der Waals surface area contributed by atoms with E-state index >= 15 is 0 Å². The van der Waals surface area contributed by atoms with Crippen LogP contribution in [-0.4, -0.2) is 25.0 Å². The monoisotopic (exact) mass is 350 g/mol. The largest absolute Gasteiger partial charge is 0.483 e. The van der Waals surface area contributed by atoms with Crippen molar-refractivity contribution in [1.29, 1.82) is 0 Å². The molecular formula is C10H5BrF6O2. The Bertz CT molecular complexity index is 462. The van der Waals surface area contributed by atoms with Crippen LogP contribution in [0.2, 0.25) is 0 Å². The van der Waals surface area contributed by atoms with Crippen molar-refractivity contribution in [2.75, 3.05) is 6.61 Å². The van der Waals surface area contributed by atoms with Gasteiger partial charge in [0.1, 0.15) is 6.29 Å². The van der Waals surface area contributed by atoms with Crippen molar-refractivity contribution in [3.63, 3.8) is 0 Å². The molecule has 1 aromatic rings. The number of rotatable bonds is 4. The molecule has 0 aromatic heterocycles. The van der Waals surface area contributed by atoms with Crippen LogP contribution < -0.4 is 4.74 Å². The van der Waals surface area contributed by atoms with Crippen LogP contribution in [0.4, 0.5) is 26.3 Å². The molecule has 106 valence electrons. The van der Waals surface area contributed by atoms with Crippen LogP contribution >= 0.6 is 15.9 Å². The van der Waals surface area contributed by atoms with E-state index in [1.165, 1.54) is 0 Å². The average molecular weight is 351 g/mol. The second-order valence-electron chi connectivity index (χ2n) is 3.42. The molecule has 0 unspecified atom stereocenters. The average Bonchev–Trinajstić information content (AvgIpc) is 2.25. The van der Waals surface area contributed by atoms with Gasteiger partial charge in [0.25, 0.3) is 0 Å². The summed E-state index contributed by atoms with van der Waals surface area (Å²) in [5.74, 6) is -7.16. The third-order valence-corrected chi connectivity index (χ3v) is 2.56. The minimum Gasteiger partial charge on any atom is -0.483 e. The van der Waals surface area contributed by atoms with E-state index in [4.69, 9.17) is 0 Å². The molecule has 1 aromatic carbocycles. The second-order valence-corrected chi connectivity index (χ2v) is 4.28. The summed E-state index contributed by atoms with van der Waals surface area (Å²) in [5, 5.41) is 0. The zero-order chi connectivity index (χ0) is 14.8. The van der Waals surface area contributed by atoms with Gasteiger partial charge >= 0.3 is 12.1 Å². The number of carbonyl (C=O) groups excluding carboxylic acids is 1. The summed E-state index contributed by atoms with van der Waals surface area (Å²) in [4.78, 5) is 10.4. The van der Waals surface area contributed by atoms with Crippen molar-refractivity contribution in [3.05, 3.63) is 28.0 Å². The summed E-state index contributed by atoms with van der Waals surface area (Å²) in [5.41, 5.74) is -0.126. The van der Waals surface area contributed by atoms with Crippen LogP contribution in [0.1, 0.15) is 10.4 Å². The summed E-state index contributed by atoms with van der Waals surface area (Å²) in [6.07, 6.45) is -5.51. The lowest BCUT2D eigenvalue weighted by Crippen LogP contribution is -2.41. The molecule has 0 saturated heterocycles. The van der Waals surface area contributed by atoms with Crippen LogP contribution in [-0.2, 0) is 0 Å². The molecule has 1 rings (SSSR count). The quantitative estimate of drug-likeness (QED) is 0.606. The lowest BCUT2D eigenvalue weighted by atomic mass is 10.2. The molecule has 0 atom stereocenters. The van der Waals surface area contributed by atoms with Crippen molar-refractivity contribution in [2.24, 2.45) is 0 Å². The highest BCUT2D eigenvalue weighted by atomic mass is 79.9. The van der Waals surface area contributed by atoms with E-state index in [1.54, 1.807) is 0 Å². The molecule has 0 fully saturated rings. The van der Waals surface area contributed by atoms with Crippen LogP contribution in [0, 0.1) is 5.82 Å². The van der Waals surface area contributed by atoms with Crippen LogP contribution in [0.5, 0.6) is 5.75 Å². The first-order valence-electron chi connectivity index (χ1n) is 4.60. The number of hydrogen-bond donors (Lipinski definition) is 0. The SMILES string of the molecule is O=Cc1cc(F)c(OCC(F)(F)C(F)(F)F)c(Br)c1. The molecule has 0 amide bonds. The highest BCUT2D eigenvalue weighted by molar-refractivity contribution is 9.10. The Kier molecular flexibility index (Phi) is 4.49. The van der Waals surface area contributed by atoms with Crippen molar-refractivity contribution in [1.82, 2.24) is 0 Å². The number of benzene rings is 1. The second kappa shape index (κ2) is 5.40. The van der Waals surface area contributed by atoms with E-state index < -0.39 is 30.3 Å². The van der Waals surface area contributed by atoms with E-state index in [9.17, 15) is 31.1 Å². The van der Waals surface area contributed by atoms with E-state index in [1.807, 2.05) is 0 Å². The van der Waals surface area contributed by atoms with Gasteiger partial charge in [-0.3, -0.25) is 4.79 Å². The lowest BCUT2D eigenvalue weighted by Gasteiger charge is -2.20. The molecule has 9 heteroatoms. The first-order chi connectivity index (χ1) is 8.58. The Morgan fingerprint density at radius 1 is 1.21 bits per heavy atom. The predicted octanol–water partition coefficient (Wildman–Crippen LogP) is 3.98. The van der Waals surface area contributed by atoms with Crippen molar-refractivity contribution in [2.45, 2.75) is 12.1 Å². The Balaban J connectivity index is 2.93. The van der Waals surface area contributed by atoms with Gasteiger partial charge < -0.3 is 4.74 Å². The van der Waals surface area contributed by atoms with Gasteiger partial charge in [0.15, 0.2) is 18.2 Å². The standard InChI is InChI=1S/C10H5BrF6O2/c11-6-1-5(3-18)2-7(12)8(6)19-4-9(13,14)10(15,16)17/h1-3H,4H2. The van der Waals surface area contributed by atoms with E-state index in [0.717, 1.165) is 6.07 Å². The maximum Gasteiger partial charge on any atom is 0.456 e. The predicted molar refractivity (Wildman–Crippen MR) is 56.0 cm³/mol. The van der Waals surface area contributed by atoms with E-state index in [0.29, 0.717) is 6.07 Å². The fourth-order valence-electron chi connectivity index (χ4n) is 1.03. The molecule has 0 heterocycles. The lowest BCUT2D eigenvalue weighted by molar-refractivity contribution is -0.290. The van der Waals surface area contributed by atoms with E-state index in [2.05, 4.69) is 20.7 Å². The zero-order valence-corrected chi connectivity index (χ0v) is 10.5. The van der Waals surface area contributed by atoms with Crippen molar-refractivity contribution < 1.29 is 35.9 Å². The van der Waals surface area contributed by atoms with Gasteiger partial charge in [0.2, 0.25) is 0 Å². The topological polar surface area (TPSA) is 26.3 Å². The molecule has 0 aliphatic heterocycles. The summed E-state index contributed by atoms with van der Waals surface area (Å²) in [6, 6.07) is 1.68. The summed E-state index contributed by atoms with van der Waals surface area (Å²) in [7, 11) is 0. The van der Waals surface area contributed by atoms with Gasteiger partial charge in [-0.2, -0.15) is 22.0 Å². The maximum atomic E-state index is 13.3. The van der Waals surface area contributed by atoms with Gasteiger partial charge in [0.05, 0.1) is 4.47 Å². The van der Waals surface area contributed by atoms with Gasteiger partial charge in [-0.05, 0) is 28.1 Å². The maximum absolute atomic E-state index is 13.3. The highest BCUT2D eigenvalue weighted by Crippen LogP contribution is 2.37. The minimum absolute atomic E-state index is 0.126. The third kappa shape index (κ3) is 3.62. The Hall–Kier alpha value is -1.25. The molecular weight excluding hydrogens is 346 g/mol. The number of aldehydes is 1. The normalized spacial score (nSPS) is 12.4. The fourth-order valence-corrected chi connectivity index (χ4v) is 1.60. The van der Waals surface area contributed by atoms with Gasteiger partial charge in [-0.25, -0.2) is 4.39 Å². The molecule has 0 aliphatic rings. The minimum atomic E-state index is -5.79. The number of hydrogen-bond acceptors (Lipinski definition) is 2. The molecule has 0 aliphatic carbocycles. The smallest absolute Gasteiger partial charge is 0.456 e. The third-order valence-electron chi connectivity index (χ3n) is 1.97. The number of alkyl halides is 5. The summed E-state index contributed by atoms with van der Waals surface area (Å²) < 4.78 is 78.0. The molecule has 0 saturated carbocycles. The number of halogens is 7. The van der Waals surface area contributed by atoms with Crippen LogP contribution in [0.15, 0.2) is 16.6 Å². The molecule has 0 bridgehead atoms. The number of ether oxygens (including phenoxy) is 1. The van der Waals surface area contributed by atoms with Crippen LogP contribution in [0.3, 0.4) is 0 Å². The zero-order valence-electron chi connectivity index (χ0n) is 8.90.